The molecule has 2 aliphatic rings. The fraction of sp³-hybridized carbons (Fsp3) is 0.296. The average Bonchev–Trinajstić information content (AvgIpc) is 2.87. The van der Waals surface area contributed by atoms with Crippen molar-refractivity contribution in [3.05, 3.63) is 81.5 Å². The van der Waals surface area contributed by atoms with E-state index in [1.165, 1.54) is 0 Å². The van der Waals surface area contributed by atoms with Gasteiger partial charge < -0.3 is 15.2 Å². The van der Waals surface area contributed by atoms with Crippen LogP contribution in [0.15, 0.2) is 65.4 Å². The Bertz CT molecular complexity index is 1280. The SMILES string of the molecule is COc1ccc([C@H]2[C@H]3CCCC=C3C(C#N)=C(N)C2(C#N)C#N)cc1COc1ccc(Cl)cc1. The number of halogens is 1. The van der Waals surface area contributed by atoms with Crippen molar-refractivity contribution in [2.75, 3.05) is 7.11 Å². The highest BCUT2D eigenvalue weighted by atomic mass is 35.5. The molecule has 4 rings (SSSR count). The first-order chi connectivity index (χ1) is 16.5. The summed E-state index contributed by atoms with van der Waals surface area (Å²) in [6.07, 6.45) is 4.55. The maximum Gasteiger partial charge on any atom is 0.191 e. The summed E-state index contributed by atoms with van der Waals surface area (Å²) in [6, 6.07) is 19.2. The van der Waals surface area contributed by atoms with Gasteiger partial charge in [0, 0.05) is 16.5 Å². The van der Waals surface area contributed by atoms with Crippen LogP contribution in [0.4, 0.5) is 0 Å². The number of hydrogen-bond acceptors (Lipinski definition) is 6. The second-order valence-corrected chi connectivity index (χ2v) is 8.86. The molecule has 7 heteroatoms. The number of benzene rings is 2. The second kappa shape index (κ2) is 9.52. The fourth-order valence-electron chi connectivity index (χ4n) is 5.05. The molecule has 0 aliphatic heterocycles. The molecule has 0 saturated heterocycles. The molecule has 6 nitrogen and oxygen atoms in total. The minimum atomic E-state index is -1.65. The van der Waals surface area contributed by atoms with Crippen molar-refractivity contribution in [3.8, 4) is 29.7 Å². The number of rotatable bonds is 5. The highest BCUT2D eigenvalue weighted by Crippen LogP contribution is 2.56. The summed E-state index contributed by atoms with van der Waals surface area (Å²) in [4.78, 5) is 0. The van der Waals surface area contributed by atoms with Crippen LogP contribution in [0.25, 0.3) is 0 Å². The third-order valence-corrected chi connectivity index (χ3v) is 6.92. The molecule has 2 aliphatic carbocycles. The molecule has 2 N–H and O–H groups in total. The van der Waals surface area contributed by atoms with E-state index in [0.717, 1.165) is 36.0 Å². The van der Waals surface area contributed by atoms with Crippen LogP contribution in [0, 0.1) is 45.3 Å². The maximum absolute atomic E-state index is 10.2. The van der Waals surface area contributed by atoms with Crippen molar-refractivity contribution in [3.63, 3.8) is 0 Å². The highest BCUT2D eigenvalue weighted by Gasteiger charge is 2.53. The maximum atomic E-state index is 10.2. The van der Waals surface area contributed by atoms with Crippen molar-refractivity contribution in [1.82, 2.24) is 0 Å². The fourth-order valence-corrected chi connectivity index (χ4v) is 5.17. The average molecular weight is 471 g/mol. The number of ether oxygens (including phenoxy) is 2. The summed E-state index contributed by atoms with van der Waals surface area (Å²) in [6.45, 7) is 0.222. The largest absolute Gasteiger partial charge is 0.496 e. The minimum Gasteiger partial charge on any atom is -0.496 e. The molecule has 0 spiro atoms. The Labute approximate surface area is 204 Å². The number of fused-ring (bicyclic) bond motifs is 1. The molecule has 170 valence electrons. The molecule has 0 fully saturated rings. The number of hydrogen-bond donors (Lipinski definition) is 1. The Morgan fingerprint density at radius 3 is 2.50 bits per heavy atom. The van der Waals surface area contributed by atoms with Gasteiger partial charge in [0.05, 0.1) is 30.5 Å². The Kier molecular flexibility index (Phi) is 6.51. The summed E-state index contributed by atoms with van der Waals surface area (Å²) in [5, 5.41) is 30.8. The van der Waals surface area contributed by atoms with Gasteiger partial charge in [0.15, 0.2) is 5.41 Å². The van der Waals surface area contributed by atoms with Crippen molar-refractivity contribution < 1.29 is 9.47 Å². The molecule has 0 heterocycles. The zero-order chi connectivity index (χ0) is 24.3. The van der Waals surface area contributed by atoms with E-state index in [-0.39, 0.29) is 23.8 Å². The Hall–Kier alpha value is -3.92. The molecule has 0 unspecified atom stereocenters. The van der Waals surface area contributed by atoms with E-state index in [1.54, 1.807) is 31.4 Å². The van der Waals surface area contributed by atoms with Crippen molar-refractivity contribution in [2.24, 2.45) is 17.1 Å². The molecule has 34 heavy (non-hydrogen) atoms. The van der Waals surface area contributed by atoms with E-state index in [2.05, 4.69) is 18.2 Å². The van der Waals surface area contributed by atoms with Gasteiger partial charge in [-0.05, 0) is 72.7 Å². The third kappa shape index (κ3) is 3.86. The predicted octanol–water partition coefficient (Wildman–Crippen LogP) is 5.52. The van der Waals surface area contributed by atoms with Gasteiger partial charge in [-0.1, -0.05) is 23.7 Å². The Morgan fingerprint density at radius 2 is 1.85 bits per heavy atom. The topological polar surface area (TPSA) is 116 Å². The van der Waals surface area contributed by atoms with E-state index in [4.69, 9.17) is 26.8 Å². The minimum absolute atomic E-state index is 0.0317. The van der Waals surface area contributed by atoms with E-state index in [9.17, 15) is 15.8 Å². The molecular formula is C27H23ClN4O2. The lowest BCUT2D eigenvalue weighted by molar-refractivity contribution is 0.294. The highest BCUT2D eigenvalue weighted by molar-refractivity contribution is 6.30. The molecule has 0 saturated carbocycles. The van der Waals surface area contributed by atoms with Crippen LogP contribution in [0.1, 0.15) is 36.3 Å². The summed E-state index contributed by atoms with van der Waals surface area (Å²) in [5.74, 6) is 0.606. The number of nitriles is 3. The van der Waals surface area contributed by atoms with Crippen molar-refractivity contribution in [2.45, 2.75) is 31.8 Å². The second-order valence-electron chi connectivity index (χ2n) is 8.42. The van der Waals surface area contributed by atoms with Gasteiger partial charge >= 0.3 is 0 Å². The van der Waals surface area contributed by atoms with Crippen LogP contribution >= 0.6 is 11.6 Å². The molecule has 0 amide bonds. The summed E-state index contributed by atoms with van der Waals surface area (Å²) < 4.78 is 11.5. The number of allylic oxidation sites excluding steroid dienone is 4. The van der Waals surface area contributed by atoms with E-state index >= 15 is 0 Å². The van der Waals surface area contributed by atoms with Gasteiger partial charge in [0.1, 0.15) is 24.2 Å². The van der Waals surface area contributed by atoms with Gasteiger partial charge in [-0.3, -0.25) is 0 Å². The standard InChI is InChI=1S/C27H23ClN4O2/c1-33-24-11-6-17(12-18(24)14-34-20-9-7-19(28)8-10-20)25-22-5-3-2-4-21(22)23(13-29)26(32)27(25,15-30)16-31/h4,6-12,22,25H,2-3,5,14,32H2,1H3/t22-,25-/m0/s1. The van der Waals surface area contributed by atoms with Crippen molar-refractivity contribution in [1.29, 1.82) is 15.8 Å². The molecule has 0 aromatic heterocycles. The van der Waals surface area contributed by atoms with Gasteiger partial charge in [-0.15, -0.1) is 0 Å². The zero-order valence-corrected chi connectivity index (χ0v) is 19.5. The monoisotopic (exact) mass is 470 g/mol. The lowest BCUT2D eigenvalue weighted by Crippen LogP contribution is -2.42. The molecular weight excluding hydrogens is 448 g/mol. The lowest BCUT2D eigenvalue weighted by atomic mass is 9.56. The first-order valence-electron chi connectivity index (χ1n) is 11.0. The Morgan fingerprint density at radius 1 is 1.12 bits per heavy atom. The van der Waals surface area contributed by atoms with Gasteiger partial charge in [-0.25, -0.2) is 0 Å². The first kappa shape index (κ1) is 23.2. The normalized spacial score (nSPS) is 20.7. The van der Waals surface area contributed by atoms with Gasteiger partial charge in [-0.2, -0.15) is 15.8 Å². The number of nitrogens with two attached hydrogens (primary N) is 1. The van der Waals surface area contributed by atoms with Crippen LogP contribution in [0.2, 0.25) is 5.02 Å². The zero-order valence-electron chi connectivity index (χ0n) is 18.7. The summed E-state index contributed by atoms with van der Waals surface area (Å²) in [5.41, 5.74) is 7.43. The molecule has 2 aromatic carbocycles. The van der Waals surface area contributed by atoms with Crippen molar-refractivity contribution >= 4 is 11.6 Å². The molecule has 2 aromatic rings. The molecule has 2 atom stereocenters. The van der Waals surface area contributed by atoms with Crippen LogP contribution < -0.4 is 15.2 Å². The predicted molar refractivity (Wildman–Crippen MR) is 127 cm³/mol. The van der Waals surface area contributed by atoms with Crippen LogP contribution in [0.3, 0.4) is 0 Å². The van der Waals surface area contributed by atoms with E-state index in [1.807, 2.05) is 24.3 Å². The molecule has 0 radical (unpaired) electrons. The van der Waals surface area contributed by atoms with Crippen LogP contribution in [-0.4, -0.2) is 7.11 Å². The third-order valence-electron chi connectivity index (χ3n) is 6.67. The van der Waals surface area contributed by atoms with E-state index < -0.39 is 11.3 Å². The van der Waals surface area contributed by atoms with Crippen LogP contribution in [0.5, 0.6) is 11.5 Å². The summed E-state index contributed by atoms with van der Waals surface area (Å²) in [7, 11) is 1.58. The van der Waals surface area contributed by atoms with E-state index in [0.29, 0.717) is 16.5 Å². The van der Waals surface area contributed by atoms with Crippen LogP contribution in [-0.2, 0) is 6.61 Å². The quantitative estimate of drug-likeness (QED) is 0.614. The first-order valence-corrected chi connectivity index (χ1v) is 11.3. The number of nitrogens with zero attached hydrogens (tertiary/aromatic N) is 3. The molecule has 0 bridgehead atoms. The smallest absolute Gasteiger partial charge is 0.191 e. The Balaban J connectivity index is 1.80. The van der Waals surface area contributed by atoms with Gasteiger partial charge in [0.2, 0.25) is 0 Å². The van der Waals surface area contributed by atoms with Gasteiger partial charge in [0.25, 0.3) is 0 Å². The summed E-state index contributed by atoms with van der Waals surface area (Å²) >= 11 is 5.96. The lowest BCUT2D eigenvalue weighted by Gasteiger charge is -2.43. The number of methoxy groups -OCH3 is 1.